The molecule has 1 heterocycles. The molecular weight excluding hydrogens is 210 g/mol. The van der Waals surface area contributed by atoms with Crippen molar-refractivity contribution in [2.75, 3.05) is 0 Å². The molecule has 1 aromatic carbocycles. The van der Waals surface area contributed by atoms with E-state index in [1.54, 1.807) is 0 Å². The van der Waals surface area contributed by atoms with Crippen LogP contribution in [0.15, 0.2) is 36.5 Å². The molecule has 1 saturated carbocycles. The molecule has 0 saturated heterocycles. The maximum Gasteiger partial charge on any atom is 0.0936 e. The number of pyridine rings is 1. The molecule has 2 unspecified atom stereocenters. The minimum absolute atomic E-state index is 0.325. The van der Waals surface area contributed by atoms with Crippen molar-refractivity contribution in [3.05, 3.63) is 42.1 Å². The molecule has 2 heteroatoms. The van der Waals surface area contributed by atoms with Crippen molar-refractivity contribution in [2.45, 2.75) is 31.8 Å². The van der Waals surface area contributed by atoms with Crippen molar-refractivity contribution >= 4 is 10.9 Å². The van der Waals surface area contributed by atoms with Gasteiger partial charge < -0.3 is 5.11 Å². The first-order chi connectivity index (χ1) is 8.20. The van der Waals surface area contributed by atoms with Gasteiger partial charge in [0.2, 0.25) is 0 Å². The molecule has 17 heavy (non-hydrogen) atoms. The maximum atomic E-state index is 10.8. The Balaban J connectivity index is 2.12. The molecule has 0 amide bonds. The number of aromatic nitrogens is 1. The summed E-state index contributed by atoms with van der Waals surface area (Å²) in [6, 6.07) is 10.1. The van der Waals surface area contributed by atoms with E-state index in [2.05, 4.69) is 24.0 Å². The molecule has 0 spiro atoms. The first-order valence-electron chi connectivity index (χ1n) is 6.28. The highest BCUT2D eigenvalue weighted by Crippen LogP contribution is 2.43. The van der Waals surface area contributed by atoms with Crippen molar-refractivity contribution in [3.63, 3.8) is 0 Å². The molecule has 88 valence electrons. The molecule has 1 fully saturated rings. The summed E-state index contributed by atoms with van der Waals surface area (Å²) in [4.78, 5) is 4.45. The van der Waals surface area contributed by atoms with E-state index in [0.717, 1.165) is 35.7 Å². The lowest BCUT2D eigenvalue weighted by atomic mass is 9.85. The molecular formula is C15H17NO. The Kier molecular flexibility index (Phi) is 2.40. The fourth-order valence-corrected chi connectivity index (χ4v) is 2.90. The van der Waals surface area contributed by atoms with Gasteiger partial charge in [-0.2, -0.15) is 0 Å². The van der Waals surface area contributed by atoms with E-state index in [-0.39, 0.29) is 0 Å². The number of hydrogen-bond acceptors (Lipinski definition) is 2. The third-order valence-electron chi connectivity index (χ3n) is 4.10. The van der Waals surface area contributed by atoms with Crippen molar-refractivity contribution < 1.29 is 5.11 Å². The molecule has 0 aliphatic heterocycles. The Bertz CT molecular complexity index is 551. The van der Waals surface area contributed by atoms with Crippen molar-refractivity contribution in [3.8, 4) is 0 Å². The molecule has 0 radical (unpaired) electrons. The van der Waals surface area contributed by atoms with Gasteiger partial charge in [-0.1, -0.05) is 25.1 Å². The van der Waals surface area contributed by atoms with Gasteiger partial charge in [-0.25, -0.2) is 0 Å². The highest BCUT2D eigenvalue weighted by Gasteiger charge is 2.39. The van der Waals surface area contributed by atoms with Gasteiger partial charge in [-0.15, -0.1) is 0 Å². The van der Waals surface area contributed by atoms with E-state index >= 15 is 0 Å². The summed E-state index contributed by atoms with van der Waals surface area (Å²) in [6.07, 6.45) is 4.90. The topological polar surface area (TPSA) is 33.1 Å². The van der Waals surface area contributed by atoms with E-state index in [9.17, 15) is 5.11 Å². The molecule has 1 aromatic heterocycles. The molecule has 1 N–H and O–H groups in total. The van der Waals surface area contributed by atoms with E-state index in [4.69, 9.17) is 0 Å². The van der Waals surface area contributed by atoms with Gasteiger partial charge in [-0.3, -0.25) is 4.98 Å². The zero-order valence-electron chi connectivity index (χ0n) is 10.1. The Morgan fingerprint density at radius 2 is 2.18 bits per heavy atom. The molecule has 1 aliphatic carbocycles. The summed E-state index contributed by atoms with van der Waals surface area (Å²) in [5.41, 5.74) is 1.29. The maximum absolute atomic E-state index is 10.8. The Labute approximate surface area is 101 Å². The summed E-state index contributed by atoms with van der Waals surface area (Å²) >= 11 is 0. The SMILES string of the molecule is CC1CCCC1(O)c1cnc2ccccc2c1. The van der Waals surface area contributed by atoms with Crippen LogP contribution in [0.4, 0.5) is 0 Å². The minimum atomic E-state index is -0.670. The number of benzene rings is 1. The Hall–Kier alpha value is -1.41. The number of para-hydroxylation sites is 1. The smallest absolute Gasteiger partial charge is 0.0936 e. The van der Waals surface area contributed by atoms with Crippen molar-refractivity contribution in [1.82, 2.24) is 4.98 Å². The number of hydrogen-bond donors (Lipinski definition) is 1. The third-order valence-corrected chi connectivity index (χ3v) is 4.10. The number of fused-ring (bicyclic) bond motifs is 1. The van der Waals surface area contributed by atoms with Crippen LogP contribution < -0.4 is 0 Å². The first kappa shape index (κ1) is 10.7. The van der Waals surface area contributed by atoms with Crippen LogP contribution in [0.25, 0.3) is 10.9 Å². The first-order valence-corrected chi connectivity index (χ1v) is 6.28. The van der Waals surface area contributed by atoms with Gasteiger partial charge in [0.25, 0.3) is 0 Å². The van der Waals surface area contributed by atoms with Crippen LogP contribution in [0.1, 0.15) is 31.7 Å². The normalized spacial score (nSPS) is 28.7. The van der Waals surface area contributed by atoms with Crippen LogP contribution in [0.2, 0.25) is 0 Å². The fourth-order valence-electron chi connectivity index (χ4n) is 2.90. The number of aliphatic hydroxyl groups is 1. The van der Waals surface area contributed by atoms with Gasteiger partial charge in [0.1, 0.15) is 0 Å². The van der Waals surface area contributed by atoms with Crippen LogP contribution in [-0.4, -0.2) is 10.1 Å². The lowest BCUT2D eigenvalue weighted by Gasteiger charge is -2.28. The van der Waals surface area contributed by atoms with Crippen LogP contribution in [0.3, 0.4) is 0 Å². The number of nitrogens with zero attached hydrogens (tertiary/aromatic N) is 1. The van der Waals surface area contributed by atoms with E-state index in [1.165, 1.54) is 0 Å². The van der Waals surface area contributed by atoms with Crippen LogP contribution in [0.5, 0.6) is 0 Å². The highest BCUT2D eigenvalue weighted by molar-refractivity contribution is 5.78. The zero-order chi connectivity index (χ0) is 11.9. The molecule has 1 aliphatic rings. The summed E-state index contributed by atoms with van der Waals surface area (Å²) in [5.74, 6) is 0.325. The minimum Gasteiger partial charge on any atom is -0.385 e. The monoisotopic (exact) mass is 227 g/mol. The predicted molar refractivity (Wildman–Crippen MR) is 68.7 cm³/mol. The van der Waals surface area contributed by atoms with Gasteiger partial charge in [0, 0.05) is 17.1 Å². The summed E-state index contributed by atoms with van der Waals surface area (Å²) in [6.45, 7) is 2.13. The van der Waals surface area contributed by atoms with Gasteiger partial charge in [0.05, 0.1) is 11.1 Å². The van der Waals surface area contributed by atoms with Crippen molar-refractivity contribution in [1.29, 1.82) is 0 Å². The highest BCUT2D eigenvalue weighted by atomic mass is 16.3. The second kappa shape index (κ2) is 3.81. The van der Waals surface area contributed by atoms with E-state index < -0.39 is 5.60 Å². The van der Waals surface area contributed by atoms with Gasteiger partial charge >= 0.3 is 0 Å². The molecule has 2 atom stereocenters. The summed E-state index contributed by atoms with van der Waals surface area (Å²) < 4.78 is 0. The van der Waals surface area contributed by atoms with Crippen molar-refractivity contribution in [2.24, 2.45) is 5.92 Å². The molecule has 0 bridgehead atoms. The van der Waals surface area contributed by atoms with Crippen LogP contribution in [0, 0.1) is 5.92 Å². The quantitative estimate of drug-likeness (QED) is 0.811. The van der Waals surface area contributed by atoms with E-state index in [0.29, 0.717) is 5.92 Å². The number of rotatable bonds is 1. The largest absolute Gasteiger partial charge is 0.385 e. The van der Waals surface area contributed by atoms with Crippen LogP contribution in [-0.2, 0) is 5.60 Å². The molecule has 2 aromatic rings. The third kappa shape index (κ3) is 1.64. The standard InChI is InChI=1S/C15H17NO/c1-11-5-4-8-15(11,17)13-9-12-6-2-3-7-14(12)16-10-13/h2-3,6-7,9-11,17H,4-5,8H2,1H3. The second-order valence-electron chi connectivity index (χ2n) is 5.13. The van der Waals surface area contributed by atoms with Gasteiger partial charge in [-0.05, 0) is 37.3 Å². The Morgan fingerprint density at radius 3 is 2.94 bits per heavy atom. The van der Waals surface area contributed by atoms with E-state index in [1.807, 2.05) is 24.4 Å². The predicted octanol–water partition coefficient (Wildman–Crippen LogP) is 3.24. The van der Waals surface area contributed by atoms with Crippen LogP contribution >= 0.6 is 0 Å². The lowest BCUT2D eigenvalue weighted by Crippen LogP contribution is -2.28. The second-order valence-corrected chi connectivity index (χ2v) is 5.13. The zero-order valence-corrected chi connectivity index (χ0v) is 10.1. The fraction of sp³-hybridized carbons (Fsp3) is 0.400. The lowest BCUT2D eigenvalue weighted by molar-refractivity contribution is 0.00432. The summed E-state index contributed by atoms with van der Waals surface area (Å²) in [5, 5.41) is 11.9. The molecule has 3 rings (SSSR count). The average molecular weight is 227 g/mol. The molecule has 2 nitrogen and oxygen atoms in total. The Morgan fingerprint density at radius 1 is 1.35 bits per heavy atom. The average Bonchev–Trinajstić information content (AvgIpc) is 2.70. The van der Waals surface area contributed by atoms with Gasteiger partial charge in [0.15, 0.2) is 0 Å². The summed E-state index contributed by atoms with van der Waals surface area (Å²) in [7, 11) is 0.